The average Bonchev–Trinajstić information content (AvgIpc) is 3.16. The van der Waals surface area contributed by atoms with Gasteiger partial charge >= 0.3 is 0 Å². The van der Waals surface area contributed by atoms with E-state index in [9.17, 15) is 0 Å². The van der Waals surface area contributed by atoms with Gasteiger partial charge in [0.1, 0.15) is 0 Å². The third-order valence-corrected chi connectivity index (χ3v) is 4.11. The Balaban J connectivity index is 1.91. The number of furan rings is 1. The SMILES string of the molecule is Cc1c(-c2nnc3sc(-c4ccco4)nn23)cnn1C. The van der Waals surface area contributed by atoms with Crippen molar-refractivity contribution in [3.8, 4) is 22.2 Å². The Morgan fingerprint density at radius 2 is 2.20 bits per heavy atom. The third-order valence-electron chi connectivity index (χ3n) is 3.20. The lowest BCUT2D eigenvalue weighted by atomic mass is 10.2. The van der Waals surface area contributed by atoms with Crippen LogP contribution in [0.2, 0.25) is 0 Å². The number of rotatable bonds is 2. The van der Waals surface area contributed by atoms with Crippen LogP contribution in [-0.4, -0.2) is 29.6 Å². The van der Waals surface area contributed by atoms with Crippen LogP contribution in [0, 0.1) is 6.92 Å². The van der Waals surface area contributed by atoms with Gasteiger partial charge in [0, 0.05) is 12.7 Å². The Hall–Kier alpha value is -2.48. The summed E-state index contributed by atoms with van der Waals surface area (Å²) in [4.78, 5) is 0.731. The van der Waals surface area contributed by atoms with Crippen molar-refractivity contribution in [1.29, 1.82) is 0 Å². The summed E-state index contributed by atoms with van der Waals surface area (Å²) in [6.07, 6.45) is 3.40. The number of aryl methyl sites for hydroxylation is 1. The minimum absolute atomic E-state index is 0.694. The molecule has 0 unspecified atom stereocenters. The molecule has 4 rings (SSSR count). The molecule has 0 N–H and O–H groups in total. The van der Waals surface area contributed by atoms with E-state index in [-0.39, 0.29) is 0 Å². The van der Waals surface area contributed by atoms with Gasteiger partial charge < -0.3 is 4.42 Å². The van der Waals surface area contributed by atoms with Crippen LogP contribution >= 0.6 is 11.3 Å². The minimum atomic E-state index is 0.694. The molecule has 0 bridgehead atoms. The van der Waals surface area contributed by atoms with Gasteiger partial charge in [-0.2, -0.15) is 9.61 Å². The molecular formula is C12H10N6OS. The van der Waals surface area contributed by atoms with Crippen LogP contribution in [-0.2, 0) is 7.05 Å². The first-order chi connectivity index (χ1) is 9.74. The molecule has 0 amide bonds. The molecule has 100 valence electrons. The Morgan fingerprint density at radius 3 is 2.90 bits per heavy atom. The van der Waals surface area contributed by atoms with Gasteiger partial charge in [0.25, 0.3) is 0 Å². The molecule has 0 aliphatic carbocycles. The topological polar surface area (TPSA) is 74.0 Å². The lowest BCUT2D eigenvalue weighted by Gasteiger charge is -1.96. The molecule has 0 saturated carbocycles. The monoisotopic (exact) mass is 286 g/mol. The molecule has 0 aliphatic heterocycles. The zero-order valence-corrected chi connectivity index (χ0v) is 11.6. The number of aromatic nitrogens is 6. The lowest BCUT2D eigenvalue weighted by molar-refractivity contribution is 0.580. The fourth-order valence-electron chi connectivity index (χ4n) is 2.00. The number of fused-ring (bicyclic) bond motifs is 1. The van der Waals surface area contributed by atoms with Gasteiger partial charge in [-0.05, 0) is 19.1 Å². The smallest absolute Gasteiger partial charge is 0.235 e. The van der Waals surface area contributed by atoms with E-state index in [1.807, 2.05) is 26.1 Å². The highest BCUT2D eigenvalue weighted by Gasteiger charge is 2.18. The number of nitrogens with zero attached hydrogens (tertiary/aromatic N) is 6. The van der Waals surface area contributed by atoms with E-state index < -0.39 is 0 Å². The highest BCUT2D eigenvalue weighted by atomic mass is 32.1. The molecule has 4 aromatic rings. The van der Waals surface area contributed by atoms with E-state index in [2.05, 4.69) is 20.4 Å². The molecule has 0 radical (unpaired) electrons. The molecule has 0 fully saturated rings. The van der Waals surface area contributed by atoms with Gasteiger partial charge in [0.15, 0.2) is 16.6 Å². The molecule has 4 aromatic heterocycles. The maximum Gasteiger partial charge on any atom is 0.235 e. The van der Waals surface area contributed by atoms with Gasteiger partial charge in [-0.15, -0.1) is 15.3 Å². The highest BCUT2D eigenvalue weighted by Crippen LogP contribution is 2.28. The lowest BCUT2D eigenvalue weighted by Crippen LogP contribution is -1.95. The maximum atomic E-state index is 5.36. The van der Waals surface area contributed by atoms with Gasteiger partial charge in [-0.25, -0.2) is 0 Å². The van der Waals surface area contributed by atoms with Crippen molar-refractivity contribution < 1.29 is 4.42 Å². The van der Waals surface area contributed by atoms with Gasteiger partial charge in [-0.3, -0.25) is 4.68 Å². The van der Waals surface area contributed by atoms with Crippen LogP contribution in [0.15, 0.2) is 29.0 Å². The van der Waals surface area contributed by atoms with Crippen LogP contribution in [0.4, 0.5) is 0 Å². The first kappa shape index (κ1) is 11.4. The first-order valence-electron chi connectivity index (χ1n) is 5.99. The maximum absolute atomic E-state index is 5.36. The average molecular weight is 286 g/mol. The van der Waals surface area contributed by atoms with Gasteiger partial charge in [0.2, 0.25) is 4.96 Å². The quantitative estimate of drug-likeness (QED) is 0.564. The molecule has 0 aromatic carbocycles. The second kappa shape index (κ2) is 4.01. The molecule has 0 atom stereocenters. The van der Waals surface area contributed by atoms with Crippen LogP contribution in [0.25, 0.3) is 27.1 Å². The van der Waals surface area contributed by atoms with Crippen molar-refractivity contribution in [3.63, 3.8) is 0 Å². The molecule has 4 heterocycles. The van der Waals surface area contributed by atoms with Crippen LogP contribution in [0.3, 0.4) is 0 Å². The summed E-state index contributed by atoms with van der Waals surface area (Å²) in [7, 11) is 1.90. The number of hydrogen-bond acceptors (Lipinski definition) is 6. The number of hydrogen-bond donors (Lipinski definition) is 0. The van der Waals surface area contributed by atoms with Crippen LogP contribution in [0.1, 0.15) is 5.69 Å². The normalized spacial score (nSPS) is 11.5. The summed E-state index contributed by atoms with van der Waals surface area (Å²) in [5.74, 6) is 1.43. The molecule has 0 spiro atoms. The van der Waals surface area contributed by atoms with Crippen molar-refractivity contribution in [2.24, 2.45) is 7.05 Å². The summed E-state index contributed by atoms with van der Waals surface area (Å²) in [6, 6.07) is 3.71. The minimum Gasteiger partial charge on any atom is -0.462 e. The van der Waals surface area contributed by atoms with E-state index in [1.54, 1.807) is 21.7 Å². The van der Waals surface area contributed by atoms with Gasteiger partial charge in [0.05, 0.1) is 18.0 Å². The Morgan fingerprint density at radius 1 is 1.30 bits per heavy atom. The summed E-state index contributed by atoms with van der Waals surface area (Å²) < 4.78 is 8.89. The van der Waals surface area contributed by atoms with Crippen molar-refractivity contribution in [3.05, 3.63) is 30.3 Å². The van der Waals surface area contributed by atoms with Crippen molar-refractivity contribution in [1.82, 2.24) is 29.6 Å². The fourth-order valence-corrected chi connectivity index (χ4v) is 2.81. The second-order valence-electron chi connectivity index (χ2n) is 4.37. The van der Waals surface area contributed by atoms with E-state index in [4.69, 9.17) is 4.42 Å². The fraction of sp³-hybridized carbons (Fsp3) is 0.167. The summed E-state index contributed by atoms with van der Waals surface area (Å²) >= 11 is 1.44. The molecule has 20 heavy (non-hydrogen) atoms. The van der Waals surface area contributed by atoms with Gasteiger partial charge in [-0.1, -0.05) is 11.3 Å². The Bertz CT molecular complexity index is 885. The summed E-state index contributed by atoms with van der Waals surface area (Å²) in [6.45, 7) is 1.99. The molecule has 8 heteroatoms. The molecular weight excluding hydrogens is 276 g/mol. The van der Waals surface area contributed by atoms with Crippen LogP contribution in [0.5, 0.6) is 0 Å². The highest BCUT2D eigenvalue weighted by molar-refractivity contribution is 7.19. The zero-order chi connectivity index (χ0) is 13.7. The molecule has 0 aliphatic rings. The second-order valence-corrected chi connectivity index (χ2v) is 5.33. The van der Waals surface area contributed by atoms with Crippen molar-refractivity contribution >= 4 is 16.3 Å². The van der Waals surface area contributed by atoms with E-state index in [0.29, 0.717) is 5.82 Å². The van der Waals surface area contributed by atoms with E-state index in [1.165, 1.54) is 11.3 Å². The zero-order valence-electron chi connectivity index (χ0n) is 10.8. The standard InChI is InChI=1S/C12H10N6OS/c1-7-8(6-13-17(7)2)10-14-15-12-18(10)16-11(20-12)9-4-3-5-19-9/h3-6H,1-2H3. The molecule has 7 nitrogen and oxygen atoms in total. The Kier molecular flexibility index (Phi) is 2.27. The van der Waals surface area contributed by atoms with E-state index >= 15 is 0 Å². The van der Waals surface area contributed by atoms with Crippen LogP contribution < -0.4 is 0 Å². The predicted molar refractivity (Wildman–Crippen MR) is 73.3 cm³/mol. The summed E-state index contributed by atoms with van der Waals surface area (Å²) in [5, 5.41) is 17.9. The van der Waals surface area contributed by atoms with E-state index in [0.717, 1.165) is 27.0 Å². The predicted octanol–water partition coefficient (Wildman–Crippen LogP) is 2.15. The van der Waals surface area contributed by atoms with Crippen molar-refractivity contribution in [2.45, 2.75) is 6.92 Å². The first-order valence-corrected chi connectivity index (χ1v) is 6.81. The molecule has 0 saturated heterocycles. The van der Waals surface area contributed by atoms with Crippen molar-refractivity contribution in [2.75, 3.05) is 0 Å². The summed E-state index contributed by atoms with van der Waals surface area (Å²) in [5.41, 5.74) is 1.95. The Labute approximate surface area is 117 Å². The third kappa shape index (κ3) is 1.51. The largest absolute Gasteiger partial charge is 0.462 e.